The van der Waals surface area contributed by atoms with E-state index in [1.807, 2.05) is 32.9 Å². The van der Waals surface area contributed by atoms with Crippen LogP contribution >= 0.6 is 0 Å². The molecular formula is C29H38N4O7. The Morgan fingerprint density at radius 2 is 1.90 bits per heavy atom. The summed E-state index contributed by atoms with van der Waals surface area (Å²) in [5.74, 6) is -0.301. The quantitative estimate of drug-likeness (QED) is 0.568. The van der Waals surface area contributed by atoms with Gasteiger partial charge in [-0.05, 0) is 49.1 Å². The summed E-state index contributed by atoms with van der Waals surface area (Å²) in [5, 5.41) is 12.7. The van der Waals surface area contributed by atoms with E-state index < -0.39 is 41.6 Å². The molecule has 2 bridgehead atoms. The highest BCUT2D eigenvalue weighted by atomic mass is 16.6. The second-order valence-electron chi connectivity index (χ2n) is 12.1. The van der Waals surface area contributed by atoms with E-state index in [4.69, 9.17) is 24.2 Å². The third-order valence-electron chi connectivity index (χ3n) is 8.00. The third kappa shape index (κ3) is 6.08. The van der Waals surface area contributed by atoms with Gasteiger partial charge >= 0.3 is 12.1 Å². The van der Waals surface area contributed by atoms with Crippen molar-refractivity contribution in [2.45, 2.75) is 90.0 Å². The van der Waals surface area contributed by atoms with Gasteiger partial charge in [-0.15, -0.1) is 0 Å². The first-order chi connectivity index (χ1) is 19.0. The number of rotatable bonds is 2. The molecule has 0 spiro atoms. The number of carboxylic acids is 1. The second kappa shape index (κ2) is 11.1. The first-order valence-corrected chi connectivity index (χ1v) is 14.0. The summed E-state index contributed by atoms with van der Waals surface area (Å²) < 4.78 is 17.3. The lowest BCUT2D eigenvalue weighted by molar-refractivity contribution is -0.150. The first-order valence-electron chi connectivity index (χ1n) is 14.0. The molecule has 2 aliphatic heterocycles. The molecule has 40 heavy (non-hydrogen) atoms. The first kappa shape index (κ1) is 27.9. The van der Waals surface area contributed by atoms with Crippen LogP contribution in [0.1, 0.15) is 65.0 Å². The molecule has 1 saturated heterocycles. The molecule has 216 valence electrons. The van der Waals surface area contributed by atoms with Crippen LogP contribution in [0.15, 0.2) is 18.2 Å². The third-order valence-corrected chi connectivity index (χ3v) is 8.00. The normalized spacial score (nSPS) is 27.8. The lowest BCUT2D eigenvalue weighted by atomic mass is 9.85. The van der Waals surface area contributed by atoms with Gasteiger partial charge in [0.05, 0.1) is 24.7 Å². The van der Waals surface area contributed by atoms with E-state index in [1.54, 1.807) is 13.2 Å². The summed E-state index contributed by atoms with van der Waals surface area (Å²) >= 11 is 0. The average Bonchev–Trinajstić information content (AvgIpc) is 3.48. The van der Waals surface area contributed by atoms with Gasteiger partial charge in [0.1, 0.15) is 35.7 Å². The lowest BCUT2D eigenvalue weighted by Gasteiger charge is -2.34. The second-order valence-corrected chi connectivity index (χ2v) is 12.1. The van der Waals surface area contributed by atoms with Crippen LogP contribution in [0.25, 0.3) is 11.0 Å². The number of hydrogen-bond acceptors (Lipinski definition) is 8. The van der Waals surface area contributed by atoms with E-state index in [9.17, 15) is 19.5 Å². The predicted molar refractivity (Wildman–Crippen MR) is 145 cm³/mol. The zero-order valence-corrected chi connectivity index (χ0v) is 23.5. The largest absolute Gasteiger partial charge is 0.497 e. The number of amides is 2. The van der Waals surface area contributed by atoms with Crippen LogP contribution in [-0.2, 0) is 20.7 Å². The molecule has 3 aliphatic rings. The molecule has 1 aromatic heterocycles. The van der Waals surface area contributed by atoms with Crippen molar-refractivity contribution in [3.63, 3.8) is 0 Å². The van der Waals surface area contributed by atoms with E-state index in [-0.39, 0.29) is 19.1 Å². The summed E-state index contributed by atoms with van der Waals surface area (Å²) in [5.41, 5.74) is 1.36. The van der Waals surface area contributed by atoms with Gasteiger partial charge in [-0.25, -0.2) is 19.6 Å². The van der Waals surface area contributed by atoms with Crippen LogP contribution in [-0.4, -0.2) is 75.9 Å². The molecule has 2 N–H and O–H groups in total. The molecule has 0 radical (unpaired) electrons. The Morgan fingerprint density at radius 1 is 1.10 bits per heavy atom. The maximum Gasteiger partial charge on any atom is 0.408 e. The van der Waals surface area contributed by atoms with Crippen molar-refractivity contribution in [3.05, 3.63) is 23.9 Å². The van der Waals surface area contributed by atoms with Crippen molar-refractivity contribution in [2.24, 2.45) is 11.3 Å². The van der Waals surface area contributed by atoms with Gasteiger partial charge in [0.15, 0.2) is 0 Å². The number of methoxy groups -OCH3 is 1. The van der Waals surface area contributed by atoms with Crippen LogP contribution in [0.4, 0.5) is 4.79 Å². The van der Waals surface area contributed by atoms with Crippen LogP contribution in [0, 0.1) is 11.3 Å². The number of aromatic nitrogens is 2. The lowest BCUT2D eigenvalue weighted by Crippen LogP contribution is -2.57. The summed E-state index contributed by atoms with van der Waals surface area (Å²) in [7, 11) is 1.58. The number of nitrogens with zero attached hydrogens (tertiary/aromatic N) is 3. The molecule has 1 aliphatic carbocycles. The van der Waals surface area contributed by atoms with Crippen LogP contribution in [0.5, 0.6) is 11.6 Å². The Kier molecular flexibility index (Phi) is 7.74. The molecular weight excluding hydrogens is 516 g/mol. The molecule has 3 heterocycles. The highest BCUT2D eigenvalue weighted by Gasteiger charge is 2.47. The zero-order chi connectivity index (χ0) is 28.6. The van der Waals surface area contributed by atoms with E-state index in [1.165, 1.54) is 4.90 Å². The Morgan fingerprint density at radius 3 is 2.62 bits per heavy atom. The molecule has 5 atom stereocenters. The number of carbonyl (C=O) groups excluding carboxylic acids is 2. The highest BCUT2D eigenvalue weighted by Crippen LogP contribution is 2.39. The molecule has 5 rings (SSSR count). The van der Waals surface area contributed by atoms with Crippen molar-refractivity contribution in [1.29, 1.82) is 0 Å². The number of carbonyl (C=O) groups is 3. The summed E-state index contributed by atoms with van der Waals surface area (Å²) in [6.45, 7) is 5.52. The fraction of sp³-hybridized carbons (Fsp3) is 0.621. The van der Waals surface area contributed by atoms with E-state index in [0.29, 0.717) is 35.2 Å². The number of fused-ring (bicyclic) bond motifs is 5. The fourth-order valence-corrected chi connectivity index (χ4v) is 5.60. The molecule has 2 unspecified atom stereocenters. The van der Waals surface area contributed by atoms with Crippen molar-refractivity contribution in [2.75, 3.05) is 13.7 Å². The monoisotopic (exact) mass is 554 g/mol. The Labute approximate surface area is 233 Å². The number of ether oxygens (including phenoxy) is 3. The number of nitrogens with one attached hydrogen (secondary N) is 1. The Hall–Kier alpha value is -3.63. The zero-order valence-electron chi connectivity index (χ0n) is 23.5. The minimum absolute atomic E-state index is 0.0427. The fourth-order valence-electron chi connectivity index (χ4n) is 5.60. The smallest absolute Gasteiger partial charge is 0.408 e. The van der Waals surface area contributed by atoms with Crippen molar-refractivity contribution >= 4 is 29.0 Å². The maximum atomic E-state index is 13.8. The Balaban J connectivity index is 1.48. The number of carboxylic acid groups (broad SMARTS) is 1. The van der Waals surface area contributed by atoms with Gasteiger partial charge < -0.3 is 29.5 Å². The average molecular weight is 555 g/mol. The number of hydrogen-bond donors (Lipinski definition) is 2. The molecule has 2 aromatic rings. The molecule has 2 amide bonds. The maximum absolute atomic E-state index is 13.8. The standard InChI is InChI=1S/C29H38N4O7/c1-29(2,3)24-26(34)33-15-18(14-22(33)27(35)36)39-25-20(30-19-11-10-17(38-4)13-21(19)31-25)9-7-5-6-8-16-12-23(16)40-28(37)32-24/h10-11,13,16,18,22-24H,5-9,12,14-15H2,1-4H3,(H,32,37)(H,35,36)/t16?,18-,22?,23-,24-/m1/s1. The highest BCUT2D eigenvalue weighted by molar-refractivity contribution is 5.90. The van der Waals surface area contributed by atoms with Crippen molar-refractivity contribution in [3.8, 4) is 11.6 Å². The van der Waals surface area contributed by atoms with E-state index in [2.05, 4.69) is 5.32 Å². The summed E-state index contributed by atoms with van der Waals surface area (Å²) in [4.78, 5) is 49.7. The van der Waals surface area contributed by atoms with Gasteiger partial charge in [-0.1, -0.05) is 33.6 Å². The van der Waals surface area contributed by atoms with Gasteiger partial charge in [0, 0.05) is 12.5 Å². The summed E-state index contributed by atoms with van der Waals surface area (Å²) in [6, 6.07) is 3.40. The van der Waals surface area contributed by atoms with Gasteiger partial charge in [0.25, 0.3) is 0 Å². The topological polar surface area (TPSA) is 140 Å². The van der Waals surface area contributed by atoms with Crippen LogP contribution in [0.2, 0.25) is 0 Å². The SMILES string of the molecule is COc1ccc2nc3c(nc2c1)O[C@@H]1CC(C(=O)O)N(C1)C(=O)[C@H](C(C)(C)C)NC(=O)O[C@@H]1CC1CCCCC3. The number of aryl methyl sites for hydroxylation is 1. The molecule has 11 heteroatoms. The summed E-state index contributed by atoms with van der Waals surface area (Å²) in [6.07, 6.45) is 3.97. The van der Waals surface area contributed by atoms with Gasteiger partial charge in [0.2, 0.25) is 11.8 Å². The minimum Gasteiger partial charge on any atom is -0.497 e. The molecule has 1 aromatic carbocycles. The van der Waals surface area contributed by atoms with E-state index >= 15 is 0 Å². The predicted octanol–water partition coefficient (Wildman–Crippen LogP) is 3.72. The number of aliphatic carboxylic acids is 1. The Bertz CT molecular complexity index is 1290. The van der Waals surface area contributed by atoms with Crippen molar-refractivity contribution in [1.82, 2.24) is 20.2 Å². The molecule has 2 fully saturated rings. The molecule has 1 saturated carbocycles. The molecule has 11 nitrogen and oxygen atoms in total. The van der Waals surface area contributed by atoms with Gasteiger partial charge in [-0.2, -0.15) is 0 Å². The van der Waals surface area contributed by atoms with Gasteiger partial charge in [-0.3, -0.25) is 4.79 Å². The van der Waals surface area contributed by atoms with E-state index in [0.717, 1.165) is 37.6 Å². The van der Waals surface area contributed by atoms with Crippen LogP contribution < -0.4 is 14.8 Å². The van der Waals surface area contributed by atoms with Crippen LogP contribution in [0.3, 0.4) is 0 Å². The number of alkyl carbamates (subject to hydrolysis) is 1. The number of benzene rings is 1. The minimum atomic E-state index is -1.13. The van der Waals surface area contributed by atoms with Crippen molar-refractivity contribution < 1.29 is 33.7 Å².